The molecule has 0 fully saturated rings. The van der Waals surface area contributed by atoms with Gasteiger partial charge in [0.05, 0.1) is 0 Å². The summed E-state index contributed by atoms with van der Waals surface area (Å²) >= 11 is 0. The molecule has 0 aliphatic heterocycles. The highest BCUT2D eigenvalue weighted by molar-refractivity contribution is 5.18. The number of benzene rings is 1. The van der Waals surface area contributed by atoms with E-state index in [0.29, 0.717) is 19.5 Å². The molecule has 0 aliphatic rings. The zero-order chi connectivity index (χ0) is 12.1. The Morgan fingerprint density at radius 2 is 2.12 bits per heavy atom. The van der Waals surface area contributed by atoms with Gasteiger partial charge in [-0.05, 0) is 34.5 Å². The Labute approximate surface area is 98.9 Å². The van der Waals surface area contributed by atoms with Crippen molar-refractivity contribution in [2.45, 2.75) is 13.0 Å². The predicted octanol–water partition coefficient (Wildman–Crippen LogP) is 1.06. The lowest BCUT2D eigenvalue weighted by molar-refractivity contribution is -0.479. The summed E-state index contributed by atoms with van der Waals surface area (Å²) in [5, 5.41) is 1.87. The Morgan fingerprint density at radius 1 is 1.24 bits per heavy atom. The number of nitroso groups, excluding NO2 is 1. The van der Waals surface area contributed by atoms with Crippen molar-refractivity contribution in [1.82, 2.24) is 4.57 Å². The van der Waals surface area contributed by atoms with Crippen molar-refractivity contribution in [2.24, 2.45) is 0 Å². The monoisotopic (exact) mass is 233 g/mol. The Bertz CT molecular complexity index is 508. The Balaban J connectivity index is 2.03. The van der Waals surface area contributed by atoms with Crippen LogP contribution in [0.5, 0.6) is 0 Å². The van der Waals surface area contributed by atoms with Crippen LogP contribution in [0.2, 0.25) is 0 Å². The van der Waals surface area contributed by atoms with Crippen molar-refractivity contribution in [3.05, 3.63) is 64.6 Å². The molecule has 88 valence electrons. The first kappa shape index (κ1) is 11.5. The van der Waals surface area contributed by atoms with Crippen molar-refractivity contribution in [2.75, 3.05) is 6.54 Å². The summed E-state index contributed by atoms with van der Waals surface area (Å²) < 4.78 is 15.0. The molecule has 0 spiro atoms. The summed E-state index contributed by atoms with van der Waals surface area (Å²) in [7, 11) is 0. The van der Waals surface area contributed by atoms with E-state index in [9.17, 15) is 9.30 Å². The number of nitrogens with one attached hydrogen (secondary N) is 1. The average molecular weight is 233 g/mol. The number of hydrogen-bond acceptors (Lipinski definition) is 1. The highest BCUT2D eigenvalue weighted by atomic mass is 19.1. The fraction of sp³-hybridized carbons (Fsp3) is 0.231. The Hall–Kier alpha value is -1.97. The maximum atomic E-state index is 13.0. The third-order valence-electron chi connectivity index (χ3n) is 2.58. The number of nitrogens with zero attached hydrogens (tertiary/aromatic N) is 1. The molecule has 1 heterocycles. The van der Waals surface area contributed by atoms with Gasteiger partial charge in [-0.1, -0.05) is 12.1 Å². The summed E-state index contributed by atoms with van der Waals surface area (Å²) in [5.74, 6) is -0.217. The predicted molar refractivity (Wildman–Crippen MR) is 62.8 cm³/mol. The number of aromatic nitrogens is 1. The molecule has 0 saturated heterocycles. The van der Waals surface area contributed by atoms with E-state index in [2.05, 4.69) is 0 Å². The smallest absolute Gasteiger partial charge is 0.193 e. The molecule has 17 heavy (non-hydrogen) atoms. The van der Waals surface area contributed by atoms with Crippen LogP contribution in [-0.2, 0) is 13.0 Å². The van der Waals surface area contributed by atoms with Crippen LogP contribution < -0.4 is 5.18 Å². The second-order valence-corrected chi connectivity index (χ2v) is 3.97. The van der Waals surface area contributed by atoms with E-state index in [4.69, 9.17) is 0 Å². The van der Waals surface area contributed by atoms with Gasteiger partial charge in [-0.3, -0.25) is 0 Å². The molecule has 1 N–H and O–H groups in total. The molecule has 0 bridgehead atoms. The first-order valence-electron chi connectivity index (χ1n) is 5.52. The largest absolute Gasteiger partial charge is 0.350 e. The van der Waals surface area contributed by atoms with Crippen LogP contribution in [0.1, 0.15) is 11.1 Å². The maximum absolute atomic E-state index is 13.0. The third-order valence-corrected chi connectivity index (χ3v) is 2.58. The van der Waals surface area contributed by atoms with Crippen molar-refractivity contribution in [3.63, 3.8) is 0 Å². The molecule has 0 unspecified atom stereocenters. The lowest BCUT2D eigenvalue weighted by atomic mass is 10.2. The van der Waals surface area contributed by atoms with Crippen LogP contribution in [-0.4, -0.2) is 11.1 Å². The topological polar surface area (TPSA) is 36.0 Å². The molecule has 2 aromatic rings. The van der Waals surface area contributed by atoms with Gasteiger partial charge in [-0.15, -0.1) is 0 Å². The van der Waals surface area contributed by atoms with Crippen molar-refractivity contribution >= 4 is 0 Å². The molecule has 1 aromatic heterocycles. The highest BCUT2D eigenvalue weighted by Crippen LogP contribution is 2.08. The van der Waals surface area contributed by atoms with E-state index in [1.54, 1.807) is 6.07 Å². The van der Waals surface area contributed by atoms with Gasteiger partial charge in [0.15, 0.2) is 6.54 Å². The molecule has 0 radical (unpaired) electrons. The molecule has 2 rings (SSSR count). The lowest BCUT2D eigenvalue weighted by Crippen LogP contribution is -2.64. The fourth-order valence-electron chi connectivity index (χ4n) is 1.78. The number of halogens is 1. The minimum atomic E-state index is -0.217. The van der Waals surface area contributed by atoms with Gasteiger partial charge in [0.2, 0.25) is 0 Å². The van der Waals surface area contributed by atoms with Crippen LogP contribution in [0.15, 0.2) is 42.7 Å². The minimum absolute atomic E-state index is 0.217. The van der Waals surface area contributed by atoms with Crippen LogP contribution in [0.4, 0.5) is 4.39 Å². The van der Waals surface area contributed by atoms with E-state index in [1.807, 2.05) is 34.3 Å². The zero-order valence-corrected chi connectivity index (χ0v) is 9.40. The summed E-state index contributed by atoms with van der Waals surface area (Å²) in [6.45, 7) is 1.06. The van der Waals surface area contributed by atoms with Crippen molar-refractivity contribution < 1.29 is 9.57 Å². The molecule has 4 heteroatoms. The SMILES string of the molecule is O=[NH+]CCc1ccn(Cc2cccc(F)c2)c1. The zero-order valence-electron chi connectivity index (χ0n) is 9.40. The molecular formula is C13H14FN2O+. The standard InChI is InChI=1S/C13H13FN2O/c14-13-3-1-2-12(8-13)10-16-7-5-11(9-16)4-6-15-17/h1-3,5,7-9H,4,6,10H2/p+1. The van der Waals surface area contributed by atoms with Crippen LogP contribution in [0, 0.1) is 10.7 Å². The highest BCUT2D eigenvalue weighted by Gasteiger charge is 2.00. The van der Waals surface area contributed by atoms with Crippen LogP contribution in [0.25, 0.3) is 0 Å². The van der Waals surface area contributed by atoms with Gasteiger partial charge >= 0.3 is 0 Å². The second kappa shape index (κ2) is 5.39. The third kappa shape index (κ3) is 3.24. The van der Waals surface area contributed by atoms with E-state index >= 15 is 0 Å². The first-order chi connectivity index (χ1) is 8.28. The van der Waals surface area contributed by atoms with E-state index in [-0.39, 0.29) is 5.82 Å². The van der Waals surface area contributed by atoms with Crippen LogP contribution >= 0.6 is 0 Å². The molecule has 0 atom stereocenters. The quantitative estimate of drug-likeness (QED) is 0.823. The molecule has 3 nitrogen and oxygen atoms in total. The minimum Gasteiger partial charge on any atom is -0.350 e. The van der Waals surface area contributed by atoms with Gasteiger partial charge in [0, 0.05) is 30.3 Å². The number of rotatable bonds is 5. The molecule has 1 aromatic carbocycles. The van der Waals surface area contributed by atoms with E-state index in [0.717, 1.165) is 11.1 Å². The van der Waals surface area contributed by atoms with E-state index in [1.165, 1.54) is 12.1 Å². The molecular weight excluding hydrogens is 219 g/mol. The first-order valence-corrected chi connectivity index (χ1v) is 5.52. The summed E-state index contributed by atoms with van der Waals surface area (Å²) in [6, 6.07) is 8.53. The maximum Gasteiger partial charge on any atom is 0.193 e. The number of hydrogen-bond donors (Lipinski definition) is 1. The summed E-state index contributed by atoms with van der Waals surface area (Å²) in [4.78, 5) is 10.1. The normalized spacial score (nSPS) is 10.4. The molecule has 0 saturated carbocycles. The lowest BCUT2D eigenvalue weighted by Gasteiger charge is -2.02. The Morgan fingerprint density at radius 3 is 2.88 bits per heavy atom. The van der Waals surface area contributed by atoms with E-state index < -0.39 is 0 Å². The van der Waals surface area contributed by atoms with Gasteiger partial charge in [-0.25, -0.2) is 4.39 Å². The molecule has 0 aliphatic carbocycles. The summed E-state index contributed by atoms with van der Waals surface area (Å²) in [6.07, 6.45) is 4.62. The molecule has 0 amide bonds. The van der Waals surface area contributed by atoms with Crippen molar-refractivity contribution in [3.8, 4) is 0 Å². The van der Waals surface area contributed by atoms with Gasteiger partial charge in [0.1, 0.15) is 5.82 Å². The second-order valence-electron chi connectivity index (χ2n) is 3.97. The van der Waals surface area contributed by atoms with Gasteiger partial charge < -0.3 is 4.57 Å². The van der Waals surface area contributed by atoms with Crippen LogP contribution in [0.3, 0.4) is 0 Å². The average Bonchev–Trinajstić information content (AvgIpc) is 2.74. The summed E-state index contributed by atoms with van der Waals surface area (Å²) in [5.41, 5.74) is 2.03. The van der Waals surface area contributed by atoms with Gasteiger partial charge in [0.25, 0.3) is 0 Å². The van der Waals surface area contributed by atoms with Crippen molar-refractivity contribution in [1.29, 1.82) is 0 Å². The Kier molecular flexibility index (Phi) is 3.65. The fourth-order valence-corrected chi connectivity index (χ4v) is 1.78. The van der Waals surface area contributed by atoms with Gasteiger partial charge in [-0.2, -0.15) is 0 Å².